The van der Waals surface area contributed by atoms with E-state index in [0.29, 0.717) is 12.5 Å². The van der Waals surface area contributed by atoms with Crippen LogP contribution in [0.3, 0.4) is 0 Å². The van der Waals surface area contributed by atoms with Crippen molar-refractivity contribution in [2.45, 2.75) is 38.1 Å². The predicted molar refractivity (Wildman–Crippen MR) is 71.4 cm³/mol. The predicted octanol–water partition coefficient (Wildman–Crippen LogP) is 3.07. The molecule has 1 saturated carbocycles. The molecule has 0 atom stereocenters. The maximum atomic E-state index is 4.58. The number of benzene rings is 1. The molecule has 0 bridgehead atoms. The Kier molecular flexibility index (Phi) is 3.26. The summed E-state index contributed by atoms with van der Waals surface area (Å²) in [6.45, 7) is 0.698. The normalized spacial score (nSPS) is 16.0. The molecule has 4 nitrogen and oxygen atoms in total. The van der Waals surface area contributed by atoms with Crippen molar-refractivity contribution in [3.8, 4) is 0 Å². The lowest BCUT2D eigenvalue weighted by Gasteiger charge is -2.03. The molecule has 0 spiro atoms. The Balaban J connectivity index is 1.60. The van der Waals surface area contributed by atoms with Gasteiger partial charge in [-0.25, -0.2) is 4.98 Å². The number of H-pyrrole nitrogens is 1. The minimum atomic E-state index is 0.576. The molecule has 3 rings (SSSR count). The highest BCUT2D eigenvalue weighted by Crippen LogP contribution is 2.31. The smallest absolute Gasteiger partial charge is 0.153 e. The Labute approximate surface area is 107 Å². The summed E-state index contributed by atoms with van der Waals surface area (Å²) in [7, 11) is 0. The van der Waals surface area contributed by atoms with E-state index in [1.54, 1.807) is 0 Å². The van der Waals surface area contributed by atoms with Crippen molar-refractivity contribution in [1.29, 1.82) is 0 Å². The lowest BCUT2D eigenvalue weighted by atomic mass is 10.1. The minimum absolute atomic E-state index is 0.576. The molecule has 94 valence electrons. The molecule has 0 amide bonds. The first-order chi connectivity index (χ1) is 8.92. The van der Waals surface area contributed by atoms with Gasteiger partial charge in [0.1, 0.15) is 5.82 Å². The second kappa shape index (κ2) is 5.21. The number of aromatic nitrogens is 3. The van der Waals surface area contributed by atoms with Gasteiger partial charge in [-0.1, -0.05) is 31.0 Å². The number of nitrogens with zero attached hydrogens (tertiary/aromatic N) is 2. The van der Waals surface area contributed by atoms with Gasteiger partial charge in [0, 0.05) is 11.6 Å². The lowest BCUT2D eigenvalue weighted by Crippen LogP contribution is -2.01. The third-order valence-corrected chi connectivity index (χ3v) is 3.50. The van der Waals surface area contributed by atoms with Crippen LogP contribution in [0.1, 0.15) is 43.3 Å². The van der Waals surface area contributed by atoms with Crippen LogP contribution in [0.5, 0.6) is 0 Å². The first kappa shape index (κ1) is 11.3. The average molecular weight is 242 g/mol. The largest absolute Gasteiger partial charge is 0.378 e. The van der Waals surface area contributed by atoms with Crippen LogP contribution in [0, 0.1) is 0 Å². The summed E-state index contributed by atoms with van der Waals surface area (Å²) in [4.78, 5) is 4.58. The molecule has 1 fully saturated rings. The van der Waals surface area contributed by atoms with Crippen LogP contribution >= 0.6 is 0 Å². The van der Waals surface area contributed by atoms with Gasteiger partial charge in [0.15, 0.2) is 5.82 Å². The maximum absolute atomic E-state index is 4.58. The zero-order valence-corrected chi connectivity index (χ0v) is 10.4. The van der Waals surface area contributed by atoms with E-state index < -0.39 is 0 Å². The number of para-hydroxylation sites is 1. The molecule has 0 aliphatic heterocycles. The van der Waals surface area contributed by atoms with Gasteiger partial charge in [0.2, 0.25) is 0 Å². The van der Waals surface area contributed by atoms with Crippen molar-refractivity contribution >= 4 is 5.69 Å². The number of hydrogen-bond acceptors (Lipinski definition) is 3. The third kappa shape index (κ3) is 2.53. The highest BCUT2D eigenvalue weighted by Gasteiger charge is 2.20. The van der Waals surface area contributed by atoms with Crippen LogP contribution in [0.2, 0.25) is 0 Å². The van der Waals surface area contributed by atoms with Gasteiger partial charge in [0.05, 0.1) is 6.54 Å². The Hall–Kier alpha value is -1.84. The van der Waals surface area contributed by atoms with Gasteiger partial charge in [-0.15, -0.1) is 0 Å². The summed E-state index contributed by atoms with van der Waals surface area (Å²) in [5.41, 5.74) is 1.11. The van der Waals surface area contributed by atoms with Crippen molar-refractivity contribution in [3.05, 3.63) is 42.0 Å². The molecule has 4 heteroatoms. The summed E-state index contributed by atoms with van der Waals surface area (Å²) < 4.78 is 0. The third-order valence-electron chi connectivity index (χ3n) is 3.50. The van der Waals surface area contributed by atoms with Crippen LogP contribution in [0.4, 0.5) is 5.69 Å². The quantitative estimate of drug-likeness (QED) is 0.866. The summed E-state index contributed by atoms with van der Waals surface area (Å²) in [6.07, 6.45) is 5.11. The van der Waals surface area contributed by atoms with E-state index in [4.69, 9.17) is 0 Å². The van der Waals surface area contributed by atoms with Crippen molar-refractivity contribution < 1.29 is 0 Å². The number of anilines is 1. The summed E-state index contributed by atoms with van der Waals surface area (Å²) in [5, 5.41) is 10.7. The Morgan fingerprint density at radius 3 is 2.72 bits per heavy atom. The molecule has 0 radical (unpaired) electrons. The molecular formula is C14H18N4. The first-order valence-corrected chi connectivity index (χ1v) is 6.62. The van der Waals surface area contributed by atoms with Gasteiger partial charge in [-0.05, 0) is 25.0 Å². The second-order valence-electron chi connectivity index (χ2n) is 4.84. The average Bonchev–Trinajstić information content (AvgIpc) is 3.08. The maximum Gasteiger partial charge on any atom is 0.153 e. The monoisotopic (exact) mass is 242 g/mol. The molecule has 18 heavy (non-hydrogen) atoms. The van der Waals surface area contributed by atoms with E-state index in [-0.39, 0.29) is 0 Å². The van der Waals surface area contributed by atoms with E-state index in [2.05, 4.69) is 20.5 Å². The van der Waals surface area contributed by atoms with E-state index in [1.165, 1.54) is 25.7 Å². The van der Waals surface area contributed by atoms with Crippen LogP contribution < -0.4 is 5.32 Å². The highest BCUT2D eigenvalue weighted by atomic mass is 15.2. The van der Waals surface area contributed by atoms with Crippen molar-refractivity contribution in [2.75, 3.05) is 5.32 Å². The van der Waals surface area contributed by atoms with Crippen molar-refractivity contribution in [2.24, 2.45) is 0 Å². The van der Waals surface area contributed by atoms with Crippen molar-refractivity contribution in [3.63, 3.8) is 0 Å². The van der Waals surface area contributed by atoms with Crippen LogP contribution in [0.25, 0.3) is 0 Å². The fourth-order valence-corrected chi connectivity index (χ4v) is 2.50. The van der Waals surface area contributed by atoms with Gasteiger partial charge in [-0.2, -0.15) is 5.10 Å². The van der Waals surface area contributed by atoms with E-state index in [9.17, 15) is 0 Å². The SMILES string of the molecule is c1ccc(NCc2nc(C3CCCC3)n[nH]2)cc1. The van der Waals surface area contributed by atoms with Gasteiger partial charge in [-0.3, -0.25) is 5.10 Å². The molecule has 1 aliphatic rings. The van der Waals surface area contributed by atoms with Crippen molar-refractivity contribution in [1.82, 2.24) is 15.2 Å². The molecule has 1 aliphatic carbocycles. The van der Waals surface area contributed by atoms with Gasteiger partial charge >= 0.3 is 0 Å². The lowest BCUT2D eigenvalue weighted by molar-refractivity contribution is 0.671. The van der Waals surface area contributed by atoms with Gasteiger partial charge < -0.3 is 5.32 Å². The Morgan fingerprint density at radius 1 is 1.17 bits per heavy atom. The van der Waals surface area contributed by atoms with Crippen LogP contribution in [-0.4, -0.2) is 15.2 Å². The van der Waals surface area contributed by atoms with E-state index in [1.807, 2.05) is 30.3 Å². The Morgan fingerprint density at radius 2 is 1.94 bits per heavy atom. The molecule has 1 aromatic carbocycles. The van der Waals surface area contributed by atoms with Crippen LogP contribution in [0.15, 0.2) is 30.3 Å². The molecule has 1 aromatic heterocycles. The number of rotatable bonds is 4. The Bertz CT molecular complexity index is 486. The number of hydrogen-bond donors (Lipinski definition) is 2. The highest BCUT2D eigenvalue weighted by molar-refractivity contribution is 5.42. The standard InChI is InChI=1S/C14H18N4/c1-2-8-12(9-3-1)15-10-13-16-14(18-17-13)11-6-4-5-7-11/h1-3,8-9,11,15H,4-7,10H2,(H,16,17,18). The molecule has 0 saturated heterocycles. The summed E-state index contributed by atoms with van der Waals surface area (Å²) >= 11 is 0. The number of nitrogens with one attached hydrogen (secondary N) is 2. The molecule has 0 unspecified atom stereocenters. The molecule has 2 aromatic rings. The molecular weight excluding hydrogens is 224 g/mol. The summed E-state index contributed by atoms with van der Waals surface area (Å²) in [5.74, 6) is 2.49. The first-order valence-electron chi connectivity index (χ1n) is 6.62. The van der Waals surface area contributed by atoms with E-state index >= 15 is 0 Å². The summed E-state index contributed by atoms with van der Waals surface area (Å²) in [6, 6.07) is 10.2. The zero-order valence-electron chi connectivity index (χ0n) is 10.4. The molecule has 2 N–H and O–H groups in total. The van der Waals surface area contributed by atoms with E-state index in [0.717, 1.165) is 17.3 Å². The zero-order chi connectivity index (χ0) is 12.2. The van der Waals surface area contributed by atoms with Gasteiger partial charge in [0.25, 0.3) is 0 Å². The second-order valence-corrected chi connectivity index (χ2v) is 4.84. The fourth-order valence-electron chi connectivity index (χ4n) is 2.50. The minimum Gasteiger partial charge on any atom is -0.378 e. The topological polar surface area (TPSA) is 53.6 Å². The fraction of sp³-hybridized carbons (Fsp3) is 0.429. The van der Waals surface area contributed by atoms with Crippen LogP contribution in [-0.2, 0) is 6.54 Å². The molecule has 1 heterocycles. The number of aromatic amines is 1.